The zero-order valence-electron chi connectivity index (χ0n) is 19.6. The minimum absolute atomic E-state index is 0.0330. The molecule has 8 heteroatoms. The van der Waals surface area contributed by atoms with Gasteiger partial charge < -0.3 is 23.9 Å². The van der Waals surface area contributed by atoms with Gasteiger partial charge in [0.15, 0.2) is 22.9 Å². The lowest BCUT2D eigenvalue weighted by atomic mass is 9.95. The van der Waals surface area contributed by atoms with E-state index in [1.807, 2.05) is 42.5 Å². The molecule has 5 rings (SSSR count). The van der Waals surface area contributed by atoms with E-state index in [-0.39, 0.29) is 11.3 Å². The van der Waals surface area contributed by atoms with Crippen LogP contribution < -0.4 is 4.74 Å². The zero-order chi connectivity index (χ0) is 24.4. The van der Waals surface area contributed by atoms with Crippen molar-refractivity contribution in [1.82, 2.24) is 9.80 Å². The summed E-state index contributed by atoms with van der Waals surface area (Å²) in [5.41, 5.74) is 1.24. The van der Waals surface area contributed by atoms with Crippen molar-refractivity contribution in [3.8, 4) is 5.75 Å². The van der Waals surface area contributed by atoms with Gasteiger partial charge in [-0.15, -0.1) is 0 Å². The van der Waals surface area contributed by atoms with Gasteiger partial charge in [0.1, 0.15) is 0 Å². The highest BCUT2D eigenvalue weighted by molar-refractivity contribution is 6.16. The highest BCUT2D eigenvalue weighted by Crippen LogP contribution is 2.40. The number of nitrogens with zero attached hydrogens (tertiary/aromatic N) is 2. The molecule has 2 aliphatic rings. The third-order valence-electron chi connectivity index (χ3n) is 6.59. The summed E-state index contributed by atoms with van der Waals surface area (Å²) in [6.07, 6.45) is 0.714. The molecule has 2 aromatic carbocycles. The van der Waals surface area contributed by atoms with Crippen LogP contribution in [-0.2, 0) is 9.53 Å². The highest BCUT2D eigenvalue weighted by atomic mass is 16.5. The first-order valence-corrected chi connectivity index (χ1v) is 11.8. The number of carbonyl (C=O) groups is 2. The molecule has 3 aromatic rings. The maximum Gasteiger partial charge on any atom is 0.290 e. The van der Waals surface area contributed by atoms with Gasteiger partial charge in [-0.2, -0.15) is 0 Å². The number of carbonyl (C=O) groups excluding carboxylic acids is 2. The average molecular weight is 477 g/mol. The summed E-state index contributed by atoms with van der Waals surface area (Å²) in [4.78, 5) is 30.7. The summed E-state index contributed by atoms with van der Waals surface area (Å²) in [5, 5.41) is 11.6. The monoisotopic (exact) mass is 476 g/mol. The fraction of sp³-hybridized carbons (Fsp3) is 0.333. The first-order chi connectivity index (χ1) is 17.1. The molecule has 0 radical (unpaired) electrons. The molecule has 35 heavy (non-hydrogen) atoms. The van der Waals surface area contributed by atoms with E-state index in [0.29, 0.717) is 42.9 Å². The summed E-state index contributed by atoms with van der Waals surface area (Å²) in [7, 11) is 1.53. The van der Waals surface area contributed by atoms with Gasteiger partial charge in [-0.05, 0) is 24.1 Å². The van der Waals surface area contributed by atoms with Gasteiger partial charge in [-0.25, -0.2) is 0 Å². The SMILES string of the molecule is COc1cccc2cc(C(=O)C3=C(O)C(=O)N(CCCN4CCOCC4)[C@H]3c3ccccc3)oc12. The van der Waals surface area contributed by atoms with E-state index in [0.717, 1.165) is 25.2 Å². The molecule has 0 aliphatic carbocycles. The van der Waals surface area contributed by atoms with Crippen LogP contribution in [0.2, 0.25) is 0 Å². The molecule has 0 spiro atoms. The van der Waals surface area contributed by atoms with E-state index in [2.05, 4.69) is 4.90 Å². The molecule has 8 nitrogen and oxygen atoms in total. The smallest absolute Gasteiger partial charge is 0.290 e. The Bertz CT molecular complexity index is 1260. The van der Waals surface area contributed by atoms with E-state index in [9.17, 15) is 14.7 Å². The molecular weight excluding hydrogens is 448 g/mol. The Balaban J connectivity index is 1.45. The second kappa shape index (κ2) is 9.93. The number of morpholine rings is 1. The van der Waals surface area contributed by atoms with Crippen LogP contribution in [0.3, 0.4) is 0 Å². The number of para-hydroxylation sites is 1. The van der Waals surface area contributed by atoms with Gasteiger partial charge >= 0.3 is 0 Å². The number of rotatable bonds is 8. The normalized spacial score (nSPS) is 19.1. The van der Waals surface area contributed by atoms with Crippen molar-refractivity contribution in [3.63, 3.8) is 0 Å². The third-order valence-corrected chi connectivity index (χ3v) is 6.59. The maximum atomic E-state index is 13.7. The number of furan rings is 1. The summed E-state index contributed by atoms with van der Waals surface area (Å²) in [6, 6.07) is 15.6. The molecule has 1 amide bonds. The van der Waals surface area contributed by atoms with Crippen molar-refractivity contribution in [2.24, 2.45) is 0 Å². The largest absolute Gasteiger partial charge is 0.503 e. The molecule has 2 aliphatic heterocycles. The maximum absolute atomic E-state index is 13.7. The van der Waals surface area contributed by atoms with E-state index in [1.165, 1.54) is 7.11 Å². The number of methoxy groups -OCH3 is 1. The quantitative estimate of drug-likeness (QED) is 0.495. The Kier molecular flexibility index (Phi) is 6.57. The molecule has 1 atom stereocenters. The summed E-state index contributed by atoms with van der Waals surface area (Å²) < 4.78 is 16.6. The number of benzene rings is 2. The summed E-state index contributed by atoms with van der Waals surface area (Å²) >= 11 is 0. The van der Waals surface area contributed by atoms with Crippen LogP contribution >= 0.6 is 0 Å². The number of hydrogen-bond acceptors (Lipinski definition) is 7. The van der Waals surface area contributed by atoms with Crippen molar-refractivity contribution in [3.05, 3.63) is 77.3 Å². The molecule has 1 N–H and O–H groups in total. The average Bonchev–Trinajstić information content (AvgIpc) is 3.44. The van der Waals surface area contributed by atoms with Crippen molar-refractivity contribution in [2.45, 2.75) is 12.5 Å². The molecule has 182 valence electrons. The molecule has 0 saturated carbocycles. The van der Waals surface area contributed by atoms with Crippen molar-refractivity contribution >= 4 is 22.7 Å². The first kappa shape index (κ1) is 23.1. The van der Waals surface area contributed by atoms with Gasteiger partial charge in [0.25, 0.3) is 5.91 Å². The zero-order valence-corrected chi connectivity index (χ0v) is 19.6. The lowest BCUT2D eigenvalue weighted by Crippen LogP contribution is -2.39. The number of fused-ring (bicyclic) bond motifs is 1. The number of amides is 1. The second-order valence-electron chi connectivity index (χ2n) is 8.70. The fourth-order valence-corrected chi connectivity index (χ4v) is 4.83. The van der Waals surface area contributed by atoms with E-state index in [4.69, 9.17) is 13.9 Å². The fourth-order valence-electron chi connectivity index (χ4n) is 4.83. The Hall–Kier alpha value is -3.62. The van der Waals surface area contributed by atoms with Gasteiger partial charge in [0.05, 0.1) is 31.9 Å². The van der Waals surface area contributed by atoms with Crippen molar-refractivity contribution in [2.75, 3.05) is 46.5 Å². The predicted molar refractivity (Wildman–Crippen MR) is 130 cm³/mol. The lowest BCUT2D eigenvalue weighted by Gasteiger charge is -2.29. The Morgan fingerprint density at radius 2 is 1.86 bits per heavy atom. The minimum atomic E-state index is -0.698. The van der Waals surface area contributed by atoms with Crippen LogP contribution in [0.25, 0.3) is 11.0 Å². The standard InChI is InChI=1S/C27H28N2O6/c1-33-20-10-5-9-19-17-21(35-26(19)20)24(30)22-23(18-7-3-2-4-8-18)29(27(32)25(22)31)12-6-11-28-13-15-34-16-14-28/h2-5,7-10,17,23,31H,6,11-16H2,1H3/t23-/m0/s1. The van der Waals surface area contributed by atoms with Gasteiger partial charge in [0.2, 0.25) is 5.78 Å². The Morgan fingerprint density at radius 3 is 2.60 bits per heavy atom. The van der Waals surface area contributed by atoms with Gasteiger partial charge in [-0.3, -0.25) is 14.5 Å². The molecule has 1 saturated heterocycles. The van der Waals surface area contributed by atoms with Crippen LogP contribution in [0, 0.1) is 0 Å². The van der Waals surface area contributed by atoms with Crippen LogP contribution in [0.4, 0.5) is 0 Å². The third kappa shape index (κ3) is 4.42. The van der Waals surface area contributed by atoms with Crippen LogP contribution in [0.15, 0.2) is 70.3 Å². The minimum Gasteiger partial charge on any atom is -0.503 e. The molecule has 0 bridgehead atoms. The van der Waals surface area contributed by atoms with E-state index >= 15 is 0 Å². The van der Waals surface area contributed by atoms with Gasteiger partial charge in [0, 0.05) is 31.6 Å². The predicted octanol–water partition coefficient (Wildman–Crippen LogP) is 3.74. The molecular formula is C27H28N2O6. The van der Waals surface area contributed by atoms with Gasteiger partial charge in [-0.1, -0.05) is 42.5 Å². The molecule has 0 unspecified atom stereocenters. The van der Waals surface area contributed by atoms with Crippen LogP contribution in [-0.4, -0.2) is 73.1 Å². The number of aliphatic hydroxyl groups excluding tert-OH is 1. The summed E-state index contributed by atoms with van der Waals surface area (Å²) in [5.74, 6) is -1.03. The molecule has 3 heterocycles. The number of hydrogen-bond donors (Lipinski definition) is 1. The molecule has 1 aromatic heterocycles. The number of Topliss-reactive ketones (excluding diaryl/α,β-unsaturated/α-hetero) is 1. The number of aliphatic hydroxyl groups is 1. The van der Waals surface area contributed by atoms with Crippen molar-refractivity contribution < 1.29 is 28.6 Å². The van der Waals surface area contributed by atoms with E-state index < -0.39 is 23.5 Å². The second-order valence-corrected chi connectivity index (χ2v) is 8.70. The van der Waals surface area contributed by atoms with Crippen LogP contribution in [0.5, 0.6) is 5.75 Å². The molecule has 1 fully saturated rings. The lowest BCUT2D eigenvalue weighted by molar-refractivity contribution is -0.129. The van der Waals surface area contributed by atoms with Crippen molar-refractivity contribution in [1.29, 1.82) is 0 Å². The Morgan fingerprint density at radius 1 is 1.09 bits per heavy atom. The number of ketones is 1. The topological polar surface area (TPSA) is 92.5 Å². The first-order valence-electron chi connectivity index (χ1n) is 11.8. The number of ether oxygens (including phenoxy) is 2. The van der Waals surface area contributed by atoms with E-state index in [1.54, 1.807) is 17.0 Å². The highest BCUT2D eigenvalue weighted by Gasteiger charge is 2.44. The van der Waals surface area contributed by atoms with Crippen LogP contribution in [0.1, 0.15) is 28.6 Å². The summed E-state index contributed by atoms with van der Waals surface area (Å²) in [6.45, 7) is 4.35. The Labute approximate surface area is 203 Å².